The molecule has 0 atom stereocenters. The van der Waals surface area contributed by atoms with Crippen LogP contribution in [0.2, 0.25) is 0 Å². The Morgan fingerprint density at radius 3 is 2.72 bits per heavy atom. The first kappa shape index (κ1) is 15.0. The number of rotatable bonds is 5. The molecule has 0 heterocycles. The summed E-state index contributed by atoms with van der Waals surface area (Å²) in [6.07, 6.45) is 1.04. The number of hydrogen-bond donors (Lipinski definition) is 2. The first-order valence-corrected chi connectivity index (χ1v) is 6.53. The zero-order valence-corrected chi connectivity index (χ0v) is 12.5. The van der Waals surface area contributed by atoms with Crippen molar-refractivity contribution in [2.24, 2.45) is 5.73 Å². The molecule has 0 aromatic heterocycles. The molecule has 0 aliphatic rings. The molecule has 0 saturated carbocycles. The summed E-state index contributed by atoms with van der Waals surface area (Å²) >= 11 is 3.38. The molecule has 1 aromatic carbocycles. The van der Waals surface area contributed by atoms with Crippen molar-refractivity contribution in [1.29, 1.82) is 0 Å². The third kappa shape index (κ3) is 5.06. The molecular formula is C13H19BrN2O2. The van der Waals surface area contributed by atoms with Gasteiger partial charge >= 0.3 is 0 Å². The second kappa shape index (κ2) is 6.20. The number of nitrogens with two attached hydrogens (primary N) is 1. The second-order valence-corrected chi connectivity index (χ2v) is 5.74. The summed E-state index contributed by atoms with van der Waals surface area (Å²) in [5, 5.41) is 2.84. The van der Waals surface area contributed by atoms with E-state index in [9.17, 15) is 4.79 Å². The van der Waals surface area contributed by atoms with Crippen molar-refractivity contribution in [2.75, 3.05) is 12.4 Å². The van der Waals surface area contributed by atoms with Gasteiger partial charge in [0.2, 0.25) is 5.91 Å². The van der Waals surface area contributed by atoms with E-state index in [1.165, 1.54) is 0 Å². The number of nitrogens with one attached hydrogen (secondary N) is 1. The van der Waals surface area contributed by atoms with E-state index in [0.29, 0.717) is 24.3 Å². The van der Waals surface area contributed by atoms with Gasteiger partial charge in [-0.15, -0.1) is 0 Å². The van der Waals surface area contributed by atoms with Gasteiger partial charge in [-0.2, -0.15) is 0 Å². The first-order valence-electron chi connectivity index (χ1n) is 5.74. The maximum Gasteiger partial charge on any atom is 0.224 e. The highest BCUT2D eigenvalue weighted by molar-refractivity contribution is 9.10. The molecule has 0 unspecified atom stereocenters. The molecule has 3 N–H and O–H groups in total. The number of amides is 1. The molecule has 18 heavy (non-hydrogen) atoms. The van der Waals surface area contributed by atoms with Crippen LogP contribution >= 0.6 is 15.9 Å². The van der Waals surface area contributed by atoms with E-state index in [1.807, 2.05) is 26.0 Å². The fourth-order valence-corrected chi connectivity index (χ4v) is 1.72. The Balaban J connectivity index is 2.64. The van der Waals surface area contributed by atoms with Crippen LogP contribution in [0.5, 0.6) is 5.75 Å². The van der Waals surface area contributed by atoms with E-state index in [2.05, 4.69) is 21.2 Å². The molecule has 0 radical (unpaired) electrons. The van der Waals surface area contributed by atoms with Crippen molar-refractivity contribution in [3.8, 4) is 5.75 Å². The van der Waals surface area contributed by atoms with Gasteiger partial charge in [0.15, 0.2) is 0 Å². The molecule has 1 rings (SSSR count). The molecular weight excluding hydrogens is 296 g/mol. The zero-order valence-electron chi connectivity index (χ0n) is 10.9. The molecule has 0 saturated heterocycles. The lowest BCUT2D eigenvalue weighted by Gasteiger charge is -2.17. The zero-order chi connectivity index (χ0) is 13.8. The van der Waals surface area contributed by atoms with Gasteiger partial charge in [0, 0.05) is 22.5 Å². The minimum absolute atomic E-state index is 0.0533. The fourth-order valence-electron chi connectivity index (χ4n) is 1.38. The van der Waals surface area contributed by atoms with E-state index < -0.39 is 0 Å². The van der Waals surface area contributed by atoms with Gasteiger partial charge in [-0.25, -0.2) is 0 Å². The van der Waals surface area contributed by atoms with E-state index in [-0.39, 0.29) is 11.4 Å². The molecule has 100 valence electrons. The molecule has 5 heteroatoms. The lowest BCUT2D eigenvalue weighted by molar-refractivity contribution is -0.116. The minimum Gasteiger partial charge on any atom is -0.497 e. The Morgan fingerprint density at radius 2 is 2.17 bits per heavy atom. The fraction of sp³-hybridized carbons (Fsp3) is 0.462. The summed E-state index contributed by atoms with van der Waals surface area (Å²) in [6.45, 7) is 3.81. The standard InChI is InChI=1S/C13H19BrN2O2/c1-13(2,15)7-6-12(17)16-11-8-9(18-3)4-5-10(11)14/h4-5,8H,6-7,15H2,1-3H3,(H,16,17). The first-order chi connectivity index (χ1) is 8.31. The van der Waals surface area contributed by atoms with Crippen LogP contribution in [0, 0.1) is 0 Å². The Morgan fingerprint density at radius 1 is 1.50 bits per heavy atom. The summed E-state index contributed by atoms with van der Waals surface area (Å²) in [4.78, 5) is 11.8. The maximum absolute atomic E-state index is 11.8. The van der Waals surface area contributed by atoms with Crippen molar-refractivity contribution in [2.45, 2.75) is 32.2 Å². The Hall–Kier alpha value is -1.07. The topological polar surface area (TPSA) is 64.3 Å². The molecule has 0 spiro atoms. The lowest BCUT2D eigenvalue weighted by Crippen LogP contribution is -2.33. The lowest BCUT2D eigenvalue weighted by atomic mass is 10.00. The number of hydrogen-bond acceptors (Lipinski definition) is 3. The molecule has 1 amide bonds. The van der Waals surface area contributed by atoms with Gasteiger partial charge in [0.1, 0.15) is 5.75 Å². The van der Waals surface area contributed by atoms with Gasteiger partial charge in [0.05, 0.1) is 12.8 Å². The van der Waals surface area contributed by atoms with Crippen LogP contribution in [0.4, 0.5) is 5.69 Å². The van der Waals surface area contributed by atoms with Gasteiger partial charge in [-0.3, -0.25) is 4.79 Å². The van der Waals surface area contributed by atoms with Crippen molar-refractivity contribution in [1.82, 2.24) is 0 Å². The molecule has 0 aliphatic carbocycles. The summed E-state index contributed by atoms with van der Waals surface area (Å²) < 4.78 is 5.94. The Kier molecular flexibility index (Phi) is 5.16. The van der Waals surface area contributed by atoms with Crippen molar-refractivity contribution < 1.29 is 9.53 Å². The molecule has 4 nitrogen and oxygen atoms in total. The third-order valence-electron chi connectivity index (χ3n) is 2.44. The predicted molar refractivity (Wildman–Crippen MR) is 76.8 cm³/mol. The maximum atomic E-state index is 11.8. The van der Waals surface area contributed by atoms with Gasteiger partial charge in [0.25, 0.3) is 0 Å². The quantitative estimate of drug-likeness (QED) is 0.878. The Bertz CT molecular complexity index is 427. The number of ether oxygens (including phenoxy) is 1. The van der Waals surface area contributed by atoms with Crippen molar-refractivity contribution in [3.63, 3.8) is 0 Å². The second-order valence-electron chi connectivity index (χ2n) is 4.88. The van der Waals surface area contributed by atoms with Crippen LogP contribution < -0.4 is 15.8 Å². The van der Waals surface area contributed by atoms with Crippen LogP contribution in [0.1, 0.15) is 26.7 Å². The molecule has 0 bridgehead atoms. The third-order valence-corrected chi connectivity index (χ3v) is 3.14. The number of anilines is 1. The molecule has 0 fully saturated rings. The minimum atomic E-state index is -0.330. The van der Waals surface area contributed by atoms with Crippen molar-refractivity contribution >= 4 is 27.5 Å². The van der Waals surface area contributed by atoms with E-state index in [0.717, 1.165) is 4.47 Å². The van der Waals surface area contributed by atoms with Crippen LogP contribution in [-0.2, 0) is 4.79 Å². The Labute approximate surface area is 116 Å². The summed E-state index contributed by atoms with van der Waals surface area (Å²) in [6, 6.07) is 5.43. The van der Waals surface area contributed by atoms with Crippen LogP contribution in [0.15, 0.2) is 22.7 Å². The van der Waals surface area contributed by atoms with E-state index >= 15 is 0 Å². The largest absolute Gasteiger partial charge is 0.497 e. The van der Waals surface area contributed by atoms with Crippen molar-refractivity contribution in [3.05, 3.63) is 22.7 Å². The normalized spacial score (nSPS) is 11.2. The summed E-state index contributed by atoms with van der Waals surface area (Å²) in [5.74, 6) is 0.648. The SMILES string of the molecule is COc1ccc(Br)c(NC(=O)CCC(C)(C)N)c1. The highest BCUT2D eigenvalue weighted by Gasteiger charge is 2.14. The number of carbonyl (C=O) groups is 1. The van der Waals surface area contributed by atoms with E-state index in [4.69, 9.17) is 10.5 Å². The monoisotopic (exact) mass is 314 g/mol. The average Bonchev–Trinajstić information content (AvgIpc) is 2.28. The number of halogens is 1. The number of benzene rings is 1. The number of carbonyl (C=O) groups excluding carboxylic acids is 1. The molecule has 1 aromatic rings. The highest BCUT2D eigenvalue weighted by atomic mass is 79.9. The summed E-state index contributed by atoms with van der Waals surface area (Å²) in [7, 11) is 1.59. The van der Waals surface area contributed by atoms with Gasteiger partial charge in [-0.05, 0) is 48.3 Å². The smallest absolute Gasteiger partial charge is 0.224 e. The highest BCUT2D eigenvalue weighted by Crippen LogP contribution is 2.27. The van der Waals surface area contributed by atoms with Gasteiger partial charge < -0.3 is 15.8 Å². The van der Waals surface area contributed by atoms with Crippen LogP contribution in [-0.4, -0.2) is 18.6 Å². The van der Waals surface area contributed by atoms with Gasteiger partial charge in [-0.1, -0.05) is 0 Å². The predicted octanol–water partition coefficient (Wildman–Crippen LogP) is 2.91. The average molecular weight is 315 g/mol. The summed E-state index contributed by atoms with van der Waals surface area (Å²) in [5.41, 5.74) is 6.22. The van der Waals surface area contributed by atoms with Crippen LogP contribution in [0.25, 0.3) is 0 Å². The number of methoxy groups -OCH3 is 1. The van der Waals surface area contributed by atoms with Crippen LogP contribution in [0.3, 0.4) is 0 Å². The molecule has 0 aliphatic heterocycles. The van der Waals surface area contributed by atoms with E-state index in [1.54, 1.807) is 13.2 Å².